The van der Waals surface area contributed by atoms with Gasteiger partial charge in [-0.1, -0.05) is 54.1 Å². The maximum atomic E-state index is 12.4. The van der Waals surface area contributed by atoms with Crippen LogP contribution in [0, 0.1) is 0 Å². The molecule has 0 amide bonds. The molecule has 1 unspecified atom stereocenters. The molecule has 0 radical (unpaired) electrons. The lowest BCUT2D eigenvalue weighted by atomic mass is 10.1. The maximum absolute atomic E-state index is 12.4. The largest absolute Gasteiger partial charge is 0.374 e. The molecule has 1 aliphatic rings. The van der Waals surface area contributed by atoms with E-state index in [4.69, 9.17) is 11.6 Å². The van der Waals surface area contributed by atoms with Gasteiger partial charge < -0.3 is 10.0 Å². The lowest BCUT2D eigenvalue weighted by Crippen LogP contribution is -2.47. The fraction of sp³-hybridized carbons (Fsp3) is 0.350. The van der Waals surface area contributed by atoms with Gasteiger partial charge in [0.25, 0.3) is 0 Å². The number of rotatable bonds is 5. The quantitative estimate of drug-likeness (QED) is 0.639. The van der Waals surface area contributed by atoms with Crippen molar-refractivity contribution in [1.82, 2.24) is 9.88 Å². The Morgan fingerprint density at radius 3 is 2.55 bits per heavy atom. The molecule has 154 valence electrons. The molecule has 0 saturated carbocycles. The predicted molar refractivity (Wildman–Crippen MR) is 118 cm³/mol. The summed E-state index contributed by atoms with van der Waals surface area (Å²) in [7, 11) is -3.40. The Labute approximate surface area is 179 Å². The zero-order chi connectivity index (χ0) is 20.6. The molecule has 0 spiro atoms. The highest BCUT2D eigenvalue weighted by atomic mass is 35.5. The second-order valence-electron chi connectivity index (χ2n) is 6.92. The number of thiazole rings is 1. The van der Waals surface area contributed by atoms with E-state index in [0.717, 1.165) is 15.3 Å². The number of halogens is 1. The van der Waals surface area contributed by atoms with Gasteiger partial charge in [0.05, 0.1) is 20.4 Å². The van der Waals surface area contributed by atoms with Crippen LogP contribution in [0.2, 0.25) is 5.02 Å². The van der Waals surface area contributed by atoms with E-state index >= 15 is 0 Å². The second-order valence-corrected chi connectivity index (χ2v) is 10.6. The monoisotopic (exact) mass is 451 g/mol. The van der Waals surface area contributed by atoms with Crippen LogP contribution in [-0.4, -0.2) is 55.3 Å². The van der Waals surface area contributed by atoms with Crippen LogP contribution in [0.1, 0.15) is 18.7 Å². The van der Waals surface area contributed by atoms with Crippen LogP contribution in [0.3, 0.4) is 0 Å². The highest BCUT2D eigenvalue weighted by Gasteiger charge is 2.28. The minimum atomic E-state index is -3.40. The smallest absolute Gasteiger partial charge is 0.186 e. The first-order chi connectivity index (χ1) is 13.9. The van der Waals surface area contributed by atoms with E-state index in [2.05, 4.69) is 9.88 Å². The van der Waals surface area contributed by atoms with Gasteiger partial charge in [0, 0.05) is 31.7 Å². The molecule has 1 fully saturated rings. The van der Waals surface area contributed by atoms with Crippen molar-refractivity contribution < 1.29 is 13.5 Å². The normalized spacial score (nSPS) is 17.0. The van der Waals surface area contributed by atoms with Crippen molar-refractivity contribution in [1.29, 1.82) is 0 Å². The molecule has 9 heteroatoms. The van der Waals surface area contributed by atoms with Gasteiger partial charge in [0.1, 0.15) is 11.7 Å². The van der Waals surface area contributed by atoms with E-state index in [1.54, 1.807) is 42.5 Å². The van der Waals surface area contributed by atoms with Crippen LogP contribution in [-0.2, 0) is 9.84 Å². The van der Waals surface area contributed by atoms with Crippen molar-refractivity contribution in [2.45, 2.75) is 18.0 Å². The average molecular weight is 452 g/mol. The van der Waals surface area contributed by atoms with Crippen LogP contribution < -0.4 is 4.90 Å². The number of nitrogens with zero attached hydrogens (tertiary/aromatic N) is 3. The van der Waals surface area contributed by atoms with Crippen molar-refractivity contribution >= 4 is 48.1 Å². The number of aromatic nitrogens is 1. The van der Waals surface area contributed by atoms with Crippen molar-refractivity contribution in [2.75, 3.05) is 36.8 Å². The molecule has 29 heavy (non-hydrogen) atoms. The van der Waals surface area contributed by atoms with Crippen molar-refractivity contribution in [3.05, 3.63) is 53.1 Å². The van der Waals surface area contributed by atoms with E-state index in [1.807, 2.05) is 23.1 Å². The number of hydrogen-bond acceptors (Lipinski definition) is 7. The van der Waals surface area contributed by atoms with Crippen molar-refractivity contribution in [3.63, 3.8) is 0 Å². The summed E-state index contributed by atoms with van der Waals surface area (Å²) >= 11 is 7.84. The van der Waals surface area contributed by atoms with E-state index < -0.39 is 16.1 Å². The first-order valence-corrected chi connectivity index (χ1v) is 12.3. The van der Waals surface area contributed by atoms with Crippen LogP contribution >= 0.6 is 22.9 Å². The average Bonchev–Trinajstić information content (AvgIpc) is 3.19. The Hall–Kier alpha value is -1.71. The lowest BCUT2D eigenvalue weighted by Gasteiger charge is -2.37. The van der Waals surface area contributed by atoms with Gasteiger partial charge in [-0.25, -0.2) is 13.4 Å². The number of sulfone groups is 1. The Morgan fingerprint density at radius 1 is 1.14 bits per heavy atom. The Bertz CT molecular complexity index is 1120. The summed E-state index contributed by atoms with van der Waals surface area (Å²) in [5, 5.41) is 12.5. The first kappa shape index (κ1) is 20.6. The number of para-hydroxylation sites is 1. The van der Waals surface area contributed by atoms with Gasteiger partial charge in [-0.15, -0.1) is 0 Å². The minimum absolute atomic E-state index is 0.00464. The molecular formula is C20H22ClN3O3S2. The summed E-state index contributed by atoms with van der Waals surface area (Å²) in [5.74, 6) is 0.00464. The molecule has 6 nitrogen and oxygen atoms in total. The molecule has 1 aromatic heterocycles. The molecule has 1 saturated heterocycles. The van der Waals surface area contributed by atoms with Crippen LogP contribution in [0.4, 0.5) is 5.13 Å². The first-order valence-electron chi connectivity index (χ1n) is 9.44. The highest BCUT2D eigenvalue weighted by molar-refractivity contribution is 7.91. The molecule has 0 bridgehead atoms. The fourth-order valence-electron chi connectivity index (χ4n) is 3.53. The van der Waals surface area contributed by atoms with Gasteiger partial charge in [0.2, 0.25) is 0 Å². The summed E-state index contributed by atoms with van der Waals surface area (Å²) < 4.78 is 25.9. The number of aliphatic hydroxyl groups excluding tert-OH is 1. The topological polar surface area (TPSA) is 73.7 Å². The molecule has 1 atom stereocenters. The third kappa shape index (κ3) is 4.00. The van der Waals surface area contributed by atoms with E-state index in [9.17, 15) is 13.5 Å². The highest BCUT2D eigenvalue weighted by Crippen LogP contribution is 2.34. The zero-order valence-corrected chi connectivity index (χ0v) is 18.3. The van der Waals surface area contributed by atoms with Crippen LogP contribution in [0.5, 0.6) is 0 Å². The fourth-order valence-corrected chi connectivity index (χ4v) is 5.97. The Morgan fingerprint density at radius 2 is 1.86 bits per heavy atom. The number of piperazine rings is 1. The maximum Gasteiger partial charge on any atom is 0.186 e. The number of benzene rings is 2. The molecule has 2 heterocycles. The number of anilines is 1. The van der Waals surface area contributed by atoms with Crippen LogP contribution in [0.15, 0.2) is 47.4 Å². The summed E-state index contributed by atoms with van der Waals surface area (Å²) in [5.41, 5.74) is 1.25. The third-order valence-corrected chi connectivity index (χ3v) is 8.39. The molecule has 4 rings (SSSR count). The number of aliphatic hydroxyl groups is 1. The number of hydrogen-bond donors (Lipinski definition) is 1. The predicted octanol–water partition coefficient (Wildman–Crippen LogP) is 3.56. The minimum Gasteiger partial charge on any atom is -0.374 e. The van der Waals surface area contributed by atoms with E-state index in [1.165, 1.54) is 0 Å². The second kappa shape index (κ2) is 8.20. The standard InChI is InChI=1S/C20H22ClN3O3S2/c1-2-29(26,27)17-9-4-3-6-14(17)19(25)23-10-12-24(13-11-23)20-22-18-15(21)7-5-8-16(18)28-20/h3-9,19,25H,2,10-13H2,1H3. The van der Waals surface area contributed by atoms with E-state index in [-0.39, 0.29) is 10.6 Å². The van der Waals surface area contributed by atoms with Gasteiger partial charge in [-0.05, 0) is 18.2 Å². The summed E-state index contributed by atoms with van der Waals surface area (Å²) in [6, 6.07) is 12.5. The molecular weight excluding hydrogens is 430 g/mol. The lowest BCUT2D eigenvalue weighted by molar-refractivity contribution is -0.00363. The number of fused-ring (bicyclic) bond motifs is 1. The third-order valence-electron chi connectivity index (χ3n) is 5.20. The summed E-state index contributed by atoms with van der Waals surface area (Å²) in [4.78, 5) is 8.96. The van der Waals surface area contributed by atoms with Gasteiger partial charge in [-0.2, -0.15) is 0 Å². The summed E-state index contributed by atoms with van der Waals surface area (Å²) in [6.07, 6.45) is -0.959. The summed E-state index contributed by atoms with van der Waals surface area (Å²) in [6.45, 7) is 4.20. The van der Waals surface area contributed by atoms with Gasteiger partial charge >= 0.3 is 0 Å². The van der Waals surface area contributed by atoms with Crippen molar-refractivity contribution in [2.24, 2.45) is 0 Å². The zero-order valence-electron chi connectivity index (χ0n) is 16.0. The van der Waals surface area contributed by atoms with Gasteiger partial charge in [0.15, 0.2) is 15.0 Å². The van der Waals surface area contributed by atoms with E-state index in [0.29, 0.717) is 36.8 Å². The van der Waals surface area contributed by atoms with Crippen LogP contribution in [0.25, 0.3) is 10.2 Å². The van der Waals surface area contributed by atoms with Gasteiger partial charge in [-0.3, -0.25) is 4.90 Å². The molecule has 2 aromatic carbocycles. The molecule has 3 aromatic rings. The Balaban J connectivity index is 1.51. The van der Waals surface area contributed by atoms with Crippen molar-refractivity contribution in [3.8, 4) is 0 Å². The Kier molecular flexibility index (Phi) is 5.81. The SMILES string of the molecule is CCS(=O)(=O)c1ccccc1C(O)N1CCN(c2nc3c(Cl)cccc3s2)CC1. The molecule has 0 aliphatic carbocycles. The molecule has 1 N–H and O–H groups in total. The molecule has 1 aliphatic heterocycles.